The average Bonchev–Trinajstić information content (AvgIpc) is 2.39. The molecule has 0 amide bonds. The first-order valence-corrected chi connectivity index (χ1v) is 5.18. The Morgan fingerprint density at radius 3 is 2.31 bits per heavy atom. The third-order valence-corrected chi connectivity index (χ3v) is 2.59. The number of benzene rings is 2. The zero-order valence-electron chi connectivity index (χ0n) is 8.89. The highest BCUT2D eigenvalue weighted by molar-refractivity contribution is 6.08. The molecule has 76 valence electrons. The van der Waals surface area contributed by atoms with Crippen LogP contribution in [0.4, 0.5) is 0 Å². The molecule has 0 aliphatic rings. The maximum absolute atomic E-state index is 10.9. The summed E-state index contributed by atoms with van der Waals surface area (Å²) >= 11 is 0. The van der Waals surface area contributed by atoms with Crippen LogP contribution >= 0.6 is 0 Å². The normalized spacial score (nSPS) is 10.0. The van der Waals surface area contributed by atoms with E-state index in [4.69, 9.17) is 7.85 Å². The average molecular weight is 206 g/mol. The third kappa shape index (κ3) is 2.06. The fraction of sp³-hybridized carbons (Fsp3) is 0.0714. The molecule has 2 aromatic rings. The number of rotatable bonds is 3. The van der Waals surface area contributed by atoms with E-state index in [1.165, 1.54) is 0 Å². The monoisotopic (exact) mass is 206 g/mol. The van der Waals surface area contributed by atoms with E-state index in [0.29, 0.717) is 11.9 Å². The van der Waals surface area contributed by atoms with Crippen molar-refractivity contribution in [1.29, 1.82) is 0 Å². The Balaban J connectivity index is 2.46. The molecule has 1 nitrogen and oxygen atoms in total. The summed E-state index contributed by atoms with van der Waals surface area (Å²) in [5.74, 6) is 0. The lowest BCUT2D eigenvalue weighted by Gasteiger charge is -2.05. The molecule has 0 bridgehead atoms. The lowest BCUT2D eigenvalue weighted by Crippen LogP contribution is -1.88. The summed E-state index contributed by atoms with van der Waals surface area (Å²) in [7, 11) is 5.54. The van der Waals surface area contributed by atoms with Gasteiger partial charge < -0.3 is 0 Å². The number of carbonyl (C=O) groups excluding carboxylic acids is 1. The van der Waals surface area contributed by atoms with Crippen LogP contribution < -0.4 is 0 Å². The van der Waals surface area contributed by atoms with Gasteiger partial charge in [-0.25, -0.2) is 0 Å². The van der Waals surface area contributed by atoms with Crippen LogP contribution in [0.5, 0.6) is 0 Å². The molecule has 0 unspecified atom stereocenters. The van der Waals surface area contributed by atoms with Gasteiger partial charge in [0.2, 0.25) is 0 Å². The van der Waals surface area contributed by atoms with E-state index in [1.54, 1.807) is 0 Å². The van der Waals surface area contributed by atoms with Crippen molar-refractivity contribution < 1.29 is 4.79 Å². The van der Waals surface area contributed by atoms with Gasteiger partial charge in [0.1, 0.15) is 0 Å². The van der Waals surface area contributed by atoms with Gasteiger partial charge in [0.15, 0.2) is 6.29 Å². The molecule has 2 aromatic carbocycles. The van der Waals surface area contributed by atoms with Gasteiger partial charge in [-0.1, -0.05) is 60.4 Å². The van der Waals surface area contributed by atoms with Crippen molar-refractivity contribution in [3.63, 3.8) is 0 Å². The highest BCUT2D eigenvalue weighted by Gasteiger charge is 2.02. The largest absolute Gasteiger partial charge is 0.298 e. The van der Waals surface area contributed by atoms with Crippen molar-refractivity contribution in [2.24, 2.45) is 0 Å². The van der Waals surface area contributed by atoms with Crippen LogP contribution in [-0.2, 0) is 6.32 Å². The van der Waals surface area contributed by atoms with E-state index in [-0.39, 0.29) is 0 Å². The minimum absolute atomic E-state index is 0.537. The summed E-state index contributed by atoms with van der Waals surface area (Å²) in [5, 5.41) is 0. The van der Waals surface area contributed by atoms with E-state index in [2.05, 4.69) is 0 Å². The van der Waals surface area contributed by atoms with Gasteiger partial charge in [-0.3, -0.25) is 4.79 Å². The van der Waals surface area contributed by atoms with Crippen molar-refractivity contribution in [3.05, 3.63) is 59.7 Å². The molecule has 0 saturated carbocycles. The first-order valence-electron chi connectivity index (χ1n) is 5.18. The summed E-state index contributed by atoms with van der Waals surface area (Å²) in [5.41, 5.74) is 3.80. The Kier molecular flexibility index (Phi) is 3.20. The quantitative estimate of drug-likeness (QED) is 0.557. The van der Waals surface area contributed by atoms with Crippen LogP contribution in [0, 0.1) is 0 Å². The number of aldehydes is 1. The maximum Gasteiger partial charge on any atom is 0.150 e. The Morgan fingerprint density at radius 1 is 1.00 bits per heavy atom. The van der Waals surface area contributed by atoms with E-state index in [0.717, 1.165) is 23.0 Å². The second kappa shape index (κ2) is 4.80. The molecule has 2 radical (unpaired) electrons. The van der Waals surface area contributed by atoms with Crippen LogP contribution in [0.2, 0.25) is 0 Å². The first kappa shape index (κ1) is 10.7. The molecule has 0 spiro atoms. The van der Waals surface area contributed by atoms with E-state index in [1.807, 2.05) is 48.5 Å². The Hall–Kier alpha value is -1.83. The van der Waals surface area contributed by atoms with Crippen molar-refractivity contribution in [2.45, 2.75) is 6.32 Å². The summed E-state index contributed by atoms with van der Waals surface area (Å²) in [6, 6.07) is 15.5. The predicted octanol–water partition coefficient (Wildman–Crippen LogP) is 2.83. The molecular weight excluding hydrogens is 195 g/mol. The first-order chi connectivity index (χ1) is 7.85. The van der Waals surface area contributed by atoms with Gasteiger partial charge in [-0.15, -0.1) is 0 Å². The predicted molar refractivity (Wildman–Crippen MR) is 66.7 cm³/mol. The molecular formula is C14H11BO. The van der Waals surface area contributed by atoms with Gasteiger partial charge in [-0.05, 0) is 11.1 Å². The van der Waals surface area contributed by atoms with Gasteiger partial charge in [-0.2, -0.15) is 0 Å². The highest BCUT2D eigenvalue weighted by Crippen LogP contribution is 2.22. The van der Waals surface area contributed by atoms with Gasteiger partial charge in [0, 0.05) is 5.56 Å². The van der Waals surface area contributed by atoms with Crippen molar-refractivity contribution in [1.82, 2.24) is 0 Å². The molecule has 16 heavy (non-hydrogen) atoms. The zero-order valence-corrected chi connectivity index (χ0v) is 8.89. The van der Waals surface area contributed by atoms with Crippen LogP contribution in [0.1, 0.15) is 15.9 Å². The molecule has 2 heteroatoms. The van der Waals surface area contributed by atoms with Crippen LogP contribution in [-0.4, -0.2) is 14.1 Å². The smallest absolute Gasteiger partial charge is 0.150 e. The van der Waals surface area contributed by atoms with E-state index >= 15 is 0 Å². The second-order valence-corrected chi connectivity index (χ2v) is 3.61. The third-order valence-electron chi connectivity index (χ3n) is 2.59. The molecule has 0 N–H and O–H groups in total. The summed E-state index contributed by atoms with van der Waals surface area (Å²) in [6.07, 6.45) is 1.42. The molecule has 0 saturated heterocycles. The standard InChI is InChI=1S/C14H11BO/c15-9-11-5-7-12(8-6-11)14-4-2-1-3-13(14)10-16/h1-8,10H,9H2. The van der Waals surface area contributed by atoms with Crippen molar-refractivity contribution >= 4 is 14.1 Å². The Morgan fingerprint density at radius 2 is 1.69 bits per heavy atom. The minimum Gasteiger partial charge on any atom is -0.298 e. The lowest BCUT2D eigenvalue weighted by molar-refractivity contribution is 0.112. The van der Waals surface area contributed by atoms with E-state index in [9.17, 15) is 4.79 Å². The van der Waals surface area contributed by atoms with Gasteiger partial charge in [0.05, 0.1) is 7.85 Å². The fourth-order valence-corrected chi connectivity index (χ4v) is 1.68. The van der Waals surface area contributed by atoms with Crippen LogP contribution in [0.15, 0.2) is 48.5 Å². The number of hydrogen-bond donors (Lipinski definition) is 0. The zero-order chi connectivity index (χ0) is 11.4. The molecule has 2 rings (SSSR count). The summed E-state index contributed by atoms with van der Waals surface area (Å²) < 4.78 is 0. The SMILES string of the molecule is [B]Cc1ccc(-c2ccccc2C=O)cc1. The van der Waals surface area contributed by atoms with E-state index < -0.39 is 0 Å². The molecule has 0 aliphatic carbocycles. The molecule has 0 aliphatic heterocycles. The topological polar surface area (TPSA) is 17.1 Å². The maximum atomic E-state index is 10.9. The molecule has 0 heterocycles. The molecule has 0 atom stereocenters. The Labute approximate surface area is 96.5 Å². The van der Waals surface area contributed by atoms with Crippen LogP contribution in [0.25, 0.3) is 11.1 Å². The number of hydrogen-bond acceptors (Lipinski definition) is 1. The highest BCUT2D eigenvalue weighted by atomic mass is 16.1. The second-order valence-electron chi connectivity index (χ2n) is 3.61. The minimum atomic E-state index is 0.537. The van der Waals surface area contributed by atoms with Crippen LogP contribution in [0.3, 0.4) is 0 Å². The van der Waals surface area contributed by atoms with Gasteiger partial charge in [0.25, 0.3) is 0 Å². The van der Waals surface area contributed by atoms with Crippen molar-refractivity contribution in [2.75, 3.05) is 0 Å². The molecule has 0 aromatic heterocycles. The summed E-state index contributed by atoms with van der Waals surface area (Å²) in [4.78, 5) is 10.9. The van der Waals surface area contributed by atoms with Gasteiger partial charge >= 0.3 is 0 Å². The molecule has 0 fully saturated rings. The number of carbonyl (C=O) groups is 1. The summed E-state index contributed by atoms with van der Waals surface area (Å²) in [6.45, 7) is 0. The fourth-order valence-electron chi connectivity index (χ4n) is 1.68. The lowest BCUT2D eigenvalue weighted by atomic mass is 9.94. The Bertz CT molecular complexity index is 488. The van der Waals surface area contributed by atoms with Crippen molar-refractivity contribution in [3.8, 4) is 11.1 Å².